The van der Waals surface area contributed by atoms with Crippen molar-refractivity contribution in [2.24, 2.45) is 0 Å². The summed E-state index contributed by atoms with van der Waals surface area (Å²) >= 11 is 6.87. The molecule has 3 aromatic rings. The van der Waals surface area contributed by atoms with Crippen molar-refractivity contribution in [1.82, 2.24) is 4.90 Å². The zero-order valence-electron chi connectivity index (χ0n) is 17.6. The van der Waals surface area contributed by atoms with Gasteiger partial charge in [0.05, 0.1) is 5.03 Å². The summed E-state index contributed by atoms with van der Waals surface area (Å²) in [4.78, 5) is 2.35. The molecular formula is C26H29Cl2NO. The third-order valence-electron chi connectivity index (χ3n) is 5.02. The molecule has 0 N–H and O–H groups in total. The lowest BCUT2D eigenvalue weighted by Crippen LogP contribution is -2.27. The topological polar surface area (TPSA) is 12.5 Å². The summed E-state index contributed by atoms with van der Waals surface area (Å²) in [6.07, 6.45) is 0. The SMILES string of the molecule is CCN(CC)CCOc1ccc(/C(=C(\Cl)c2ccccc2)c2ccccc2)cc1.Cl. The summed E-state index contributed by atoms with van der Waals surface area (Å²) in [5.41, 5.74) is 4.19. The van der Waals surface area contributed by atoms with Gasteiger partial charge in [-0.3, -0.25) is 0 Å². The van der Waals surface area contributed by atoms with Gasteiger partial charge in [0.1, 0.15) is 12.4 Å². The van der Waals surface area contributed by atoms with Gasteiger partial charge in [0.2, 0.25) is 0 Å². The van der Waals surface area contributed by atoms with Gasteiger partial charge in [-0.15, -0.1) is 12.4 Å². The van der Waals surface area contributed by atoms with Crippen LogP contribution in [0, 0.1) is 0 Å². The number of nitrogens with zero attached hydrogens (tertiary/aromatic N) is 1. The highest BCUT2D eigenvalue weighted by Gasteiger charge is 2.12. The zero-order chi connectivity index (χ0) is 20.5. The predicted molar refractivity (Wildman–Crippen MR) is 132 cm³/mol. The largest absolute Gasteiger partial charge is 0.492 e. The Morgan fingerprint density at radius 2 is 1.23 bits per heavy atom. The van der Waals surface area contributed by atoms with Crippen LogP contribution < -0.4 is 4.74 Å². The van der Waals surface area contributed by atoms with Crippen LogP contribution in [0.3, 0.4) is 0 Å². The standard InChI is InChI=1S/C26H28ClNO.ClH/c1-3-28(4-2)19-20-29-24-17-15-22(16-18-24)25(21-11-7-5-8-12-21)26(27)23-13-9-6-10-14-23;/h5-18H,3-4,19-20H2,1-2H3;1H/b26-25-;. The van der Waals surface area contributed by atoms with Crippen molar-refractivity contribution in [1.29, 1.82) is 0 Å². The molecule has 0 aromatic heterocycles. The van der Waals surface area contributed by atoms with E-state index in [0.717, 1.165) is 52.7 Å². The van der Waals surface area contributed by atoms with Crippen LogP contribution in [0.4, 0.5) is 0 Å². The molecule has 0 saturated heterocycles. The summed E-state index contributed by atoms with van der Waals surface area (Å²) in [6.45, 7) is 8.05. The Morgan fingerprint density at radius 3 is 1.77 bits per heavy atom. The molecule has 3 rings (SSSR count). The van der Waals surface area contributed by atoms with E-state index in [1.807, 2.05) is 60.7 Å². The first-order valence-electron chi connectivity index (χ1n) is 10.2. The quantitative estimate of drug-likeness (QED) is 0.331. The van der Waals surface area contributed by atoms with Crippen LogP contribution in [0.25, 0.3) is 10.6 Å². The van der Waals surface area contributed by atoms with E-state index in [0.29, 0.717) is 6.61 Å². The van der Waals surface area contributed by atoms with Gasteiger partial charge in [0.25, 0.3) is 0 Å². The maximum Gasteiger partial charge on any atom is 0.119 e. The Labute approximate surface area is 191 Å². The molecule has 0 aliphatic carbocycles. The zero-order valence-corrected chi connectivity index (χ0v) is 19.1. The van der Waals surface area contributed by atoms with Crippen molar-refractivity contribution in [3.05, 3.63) is 102 Å². The predicted octanol–water partition coefficient (Wildman–Crippen LogP) is 6.98. The molecule has 0 fully saturated rings. The fourth-order valence-electron chi connectivity index (χ4n) is 3.30. The number of likely N-dealkylation sites (N-methyl/N-ethyl adjacent to an activating group) is 1. The fourth-order valence-corrected chi connectivity index (χ4v) is 3.65. The smallest absolute Gasteiger partial charge is 0.119 e. The lowest BCUT2D eigenvalue weighted by molar-refractivity contribution is 0.223. The normalized spacial score (nSPS) is 11.6. The highest BCUT2D eigenvalue weighted by atomic mass is 35.5. The van der Waals surface area contributed by atoms with Gasteiger partial charge in [-0.05, 0) is 41.9 Å². The average Bonchev–Trinajstić information content (AvgIpc) is 2.79. The van der Waals surface area contributed by atoms with Crippen molar-refractivity contribution in [3.63, 3.8) is 0 Å². The second kappa shape index (κ2) is 12.4. The van der Waals surface area contributed by atoms with Crippen LogP contribution in [0.15, 0.2) is 84.9 Å². The minimum absolute atomic E-state index is 0. The molecule has 0 aliphatic heterocycles. The summed E-state index contributed by atoms with van der Waals surface area (Å²) in [6, 6.07) is 28.6. The Balaban J connectivity index is 0.00000320. The molecule has 0 spiro atoms. The van der Waals surface area contributed by atoms with Crippen LogP contribution in [-0.4, -0.2) is 31.1 Å². The van der Waals surface area contributed by atoms with E-state index in [4.69, 9.17) is 16.3 Å². The first-order valence-corrected chi connectivity index (χ1v) is 10.6. The Hall–Kier alpha value is -2.26. The number of benzene rings is 3. The van der Waals surface area contributed by atoms with Crippen molar-refractivity contribution >= 4 is 34.6 Å². The molecule has 0 unspecified atom stereocenters. The van der Waals surface area contributed by atoms with E-state index in [1.165, 1.54) is 0 Å². The van der Waals surface area contributed by atoms with E-state index in [9.17, 15) is 0 Å². The maximum absolute atomic E-state index is 6.87. The monoisotopic (exact) mass is 441 g/mol. The van der Waals surface area contributed by atoms with Crippen LogP contribution in [0.5, 0.6) is 5.75 Å². The second-order valence-corrected chi connectivity index (χ2v) is 7.20. The molecule has 4 heteroatoms. The van der Waals surface area contributed by atoms with Gasteiger partial charge >= 0.3 is 0 Å². The second-order valence-electron chi connectivity index (χ2n) is 6.82. The summed E-state index contributed by atoms with van der Waals surface area (Å²) in [7, 11) is 0. The third kappa shape index (κ3) is 6.37. The van der Waals surface area contributed by atoms with Gasteiger partial charge in [-0.25, -0.2) is 0 Å². The number of rotatable bonds is 9. The van der Waals surface area contributed by atoms with E-state index < -0.39 is 0 Å². The van der Waals surface area contributed by atoms with E-state index in [-0.39, 0.29) is 12.4 Å². The highest BCUT2D eigenvalue weighted by molar-refractivity contribution is 6.53. The molecular weight excluding hydrogens is 413 g/mol. The minimum Gasteiger partial charge on any atom is -0.492 e. The summed E-state index contributed by atoms with van der Waals surface area (Å²) < 4.78 is 5.94. The number of halogens is 2. The van der Waals surface area contributed by atoms with Crippen LogP contribution >= 0.6 is 24.0 Å². The third-order valence-corrected chi connectivity index (χ3v) is 5.43. The molecule has 0 radical (unpaired) electrons. The van der Waals surface area contributed by atoms with Crippen molar-refractivity contribution in [3.8, 4) is 5.75 Å². The maximum atomic E-state index is 6.87. The van der Waals surface area contributed by atoms with Crippen LogP contribution in [-0.2, 0) is 0 Å². The van der Waals surface area contributed by atoms with Crippen LogP contribution in [0.2, 0.25) is 0 Å². The Kier molecular flexibility index (Phi) is 9.96. The first kappa shape index (κ1) is 24.0. The Morgan fingerprint density at radius 1 is 0.733 bits per heavy atom. The van der Waals surface area contributed by atoms with Gasteiger partial charge in [0, 0.05) is 12.1 Å². The van der Waals surface area contributed by atoms with Crippen molar-refractivity contribution in [2.45, 2.75) is 13.8 Å². The molecule has 0 bridgehead atoms. The fraction of sp³-hybridized carbons (Fsp3) is 0.231. The molecule has 30 heavy (non-hydrogen) atoms. The van der Waals surface area contributed by atoms with Gasteiger partial charge < -0.3 is 9.64 Å². The molecule has 158 valence electrons. The van der Waals surface area contributed by atoms with E-state index >= 15 is 0 Å². The van der Waals surface area contributed by atoms with Gasteiger partial charge in [-0.1, -0.05) is 98.2 Å². The molecule has 0 atom stereocenters. The first-order chi connectivity index (χ1) is 14.2. The minimum atomic E-state index is 0. The van der Waals surface area contributed by atoms with Gasteiger partial charge in [-0.2, -0.15) is 0 Å². The molecule has 0 aliphatic rings. The van der Waals surface area contributed by atoms with Crippen molar-refractivity contribution < 1.29 is 4.74 Å². The highest BCUT2D eigenvalue weighted by Crippen LogP contribution is 2.35. The number of ether oxygens (including phenoxy) is 1. The molecule has 0 amide bonds. The molecule has 2 nitrogen and oxygen atoms in total. The Bertz CT molecular complexity index is 905. The van der Waals surface area contributed by atoms with Gasteiger partial charge in [0.15, 0.2) is 0 Å². The van der Waals surface area contributed by atoms with E-state index in [1.54, 1.807) is 0 Å². The molecule has 0 saturated carbocycles. The van der Waals surface area contributed by atoms with Crippen molar-refractivity contribution in [2.75, 3.05) is 26.2 Å². The number of hydrogen-bond donors (Lipinski definition) is 0. The molecule has 3 aromatic carbocycles. The summed E-state index contributed by atoms with van der Waals surface area (Å²) in [5, 5.41) is 0.743. The lowest BCUT2D eigenvalue weighted by atomic mass is 9.95. The summed E-state index contributed by atoms with van der Waals surface area (Å²) in [5.74, 6) is 0.879. The average molecular weight is 442 g/mol. The van der Waals surface area contributed by atoms with E-state index in [2.05, 4.69) is 43.0 Å². The van der Waals surface area contributed by atoms with Crippen LogP contribution in [0.1, 0.15) is 30.5 Å². The number of hydrogen-bond acceptors (Lipinski definition) is 2. The molecule has 0 heterocycles. The lowest BCUT2D eigenvalue weighted by Gasteiger charge is -2.18.